The van der Waals surface area contributed by atoms with Crippen molar-refractivity contribution < 1.29 is 29.3 Å². The van der Waals surface area contributed by atoms with E-state index in [0.717, 1.165) is 0 Å². The first-order valence-electron chi connectivity index (χ1n) is 10.7. The Kier molecular flexibility index (Phi) is 4.10. The van der Waals surface area contributed by atoms with Crippen molar-refractivity contribution >= 4 is 11.6 Å². The van der Waals surface area contributed by atoms with Crippen molar-refractivity contribution in [3.8, 4) is 23.0 Å². The van der Waals surface area contributed by atoms with Crippen molar-refractivity contribution in [2.45, 2.75) is 11.2 Å². The number of phenols is 2. The summed E-state index contributed by atoms with van der Waals surface area (Å²) in [4.78, 5) is 28.5. The van der Waals surface area contributed by atoms with Crippen molar-refractivity contribution in [3.63, 3.8) is 0 Å². The van der Waals surface area contributed by atoms with Crippen molar-refractivity contribution in [2.24, 2.45) is 0 Å². The minimum atomic E-state index is -1.93. The zero-order valence-corrected chi connectivity index (χ0v) is 17.8. The van der Waals surface area contributed by atoms with Gasteiger partial charge >= 0.3 is 0 Å². The molecule has 0 spiro atoms. The Morgan fingerprint density at radius 1 is 0.529 bits per heavy atom. The molecule has 2 N–H and O–H groups in total. The lowest BCUT2D eigenvalue weighted by atomic mass is 9.68. The van der Waals surface area contributed by atoms with Gasteiger partial charge < -0.3 is 19.7 Å². The lowest BCUT2D eigenvalue weighted by molar-refractivity contribution is -0.0647. The van der Waals surface area contributed by atoms with Gasteiger partial charge in [0.2, 0.25) is 22.8 Å². The van der Waals surface area contributed by atoms with Gasteiger partial charge in [-0.15, -0.1) is 0 Å². The van der Waals surface area contributed by atoms with Crippen LogP contribution in [0.5, 0.6) is 23.0 Å². The Labute approximate surface area is 194 Å². The van der Waals surface area contributed by atoms with E-state index in [2.05, 4.69) is 0 Å². The fourth-order valence-electron chi connectivity index (χ4n) is 4.96. The van der Waals surface area contributed by atoms with Gasteiger partial charge in [-0.1, -0.05) is 60.7 Å². The smallest absolute Gasteiger partial charge is 0.247 e. The van der Waals surface area contributed by atoms with Gasteiger partial charge in [0.25, 0.3) is 0 Å². The zero-order valence-electron chi connectivity index (χ0n) is 17.8. The molecule has 0 saturated heterocycles. The summed E-state index contributed by atoms with van der Waals surface area (Å²) in [5.41, 5.74) is -2.57. The van der Waals surface area contributed by atoms with E-state index in [1.54, 1.807) is 60.7 Å². The topological polar surface area (TPSA) is 93.1 Å². The SMILES string of the molecule is O=C1c2ccc(O)cc2OC1(c1ccccc1)C1(c2ccccc2)Oc2cc(O)ccc2C1=O. The van der Waals surface area contributed by atoms with Crippen LogP contribution < -0.4 is 9.47 Å². The van der Waals surface area contributed by atoms with Crippen LogP contribution in [0.15, 0.2) is 97.1 Å². The molecule has 6 rings (SSSR count). The number of ether oxygens (including phenoxy) is 2. The maximum absolute atomic E-state index is 14.3. The predicted octanol–water partition coefficient (Wildman–Crippen LogP) is 4.74. The molecule has 2 heterocycles. The second kappa shape index (κ2) is 6.96. The molecular weight excluding hydrogens is 432 g/mol. The van der Waals surface area contributed by atoms with Crippen LogP contribution >= 0.6 is 0 Å². The number of Topliss-reactive ketones (excluding diaryl/α,β-unsaturated/α-hetero) is 2. The average molecular weight is 450 g/mol. The number of hydrogen-bond acceptors (Lipinski definition) is 6. The summed E-state index contributed by atoms with van der Waals surface area (Å²) >= 11 is 0. The highest BCUT2D eigenvalue weighted by Crippen LogP contribution is 2.58. The number of ketones is 2. The van der Waals surface area contributed by atoms with E-state index in [4.69, 9.17) is 9.47 Å². The van der Waals surface area contributed by atoms with Gasteiger partial charge in [0.05, 0.1) is 11.1 Å². The second-order valence-electron chi connectivity index (χ2n) is 8.32. The third kappa shape index (κ3) is 2.45. The Bertz CT molecular complexity index is 1350. The van der Waals surface area contributed by atoms with E-state index < -0.39 is 22.8 Å². The first-order valence-corrected chi connectivity index (χ1v) is 10.7. The number of rotatable bonds is 3. The van der Waals surface area contributed by atoms with Crippen molar-refractivity contribution in [2.75, 3.05) is 0 Å². The predicted molar refractivity (Wildman–Crippen MR) is 122 cm³/mol. The van der Waals surface area contributed by atoms with Crippen LogP contribution in [0.3, 0.4) is 0 Å². The molecule has 4 aromatic rings. The van der Waals surface area contributed by atoms with E-state index in [1.807, 2.05) is 0 Å². The molecule has 0 aromatic heterocycles. The molecule has 34 heavy (non-hydrogen) atoms. The van der Waals surface area contributed by atoms with Crippen molar-refractivity contribution in [1.82, 2.24) is 0 Å². The first kappa shape index (κ1) is 20.1. The van der Waals surface area contributed by atoms with Gasteiger partial charge in [-0.05, 0) is 24.3 Å². The van der Waals surface area contributed by atoms with Crippen LogP contribution in [0, 0.1) is 0 Å². The van der Waals surface area contributed by atoms with Crippen LogP contribution in [0.25, 0.3) is 0 Å². The lowest BCUT2D eigenvalue weighted by Gasteiger charge is -2.42. The summed E-state index contributed by atoms with van der Waals surface area (Å²) in [7, 11) is 0. The maximum atomic E-state index is 14.3. The van der Waals surface area contributed by atoms with Gasteiger partial charge in [0, 0.05) is 23.3 Å². The molecule has 166 valence electrons. The highest BCUT2D eigenvalue weighted by atomic mass is 16.6. The van der Waals surface area contributed by atoms with Gasteiger partial charge in [-0.3, -0.25) is 9.59 Å². The number of carbonyl (C=O) groups is 2. The van der Waals surface area contributed by atoms with Crippen molar-refractivity contribution in [3.05, 3.63) is 119 Å². The molecule has 0 radical (unpaired) electrons. The fourth-order valence-corrected chi connectivity index (χ4v) is 4.96. The Balaban J connectivity index is 1.71. The minimum Gasteiger partial charge on any atom is -0.508 e. The maximum Gasteiger partial charge on any atom is 0.247 e. The molecule has 2 aliphatic rings. The van der Waals surface area contributed by atoms with Crippen LogP contribution in [0.4, 0.5) is 0 Å². The van der Waals surface area contributed by atoms with Crippen LogP contribution in [-0.2, 0) is 11.2 Å². The summed E-state index contributed by atoms with van der Waals surface area (Å²) < 4.78 is 12.9. The van der Waals surface area contributed by atoms with E-state index in [0.29, 0.717) is 11.1 Å². The summed E-state index contributed by atoms with van der Waals surface area (Å²) in [6, 6.07) is 26.0. The first-order chi connectivity index (χ1) is 16.5. The largest absolute Gasteiger partial charge is 0.508 e. The molecule has 2 atom stereocenters. The molecule has 2 unspecified atom stereocenters. The lowest BCUT2D eigenvalue weighted by Crippen LogP contribution is -2.61. The standard InChI is InChI=1S/C28H18O6/c29-19-11-13-21-23(15-19)33-27(25(21)31,17-7-3-1-4-8-17)28(18-9-5-2-6-10-18)26(32)22-14-12-20(30)16-24(22)34-28/h1-16,29-30H. The van der Waals surface area contributed by atoms with Crippen molar-refractivity contribution in [1.29, 1.82) is 0 Å². The second-order valence-corrected chi connectivity index (χ2v) is 8.32. The van der Waals surface area contributed by atoms with Gasteiger partial charge in [0.15, 0.2) is 0 Å². The molecular formula is C28H18O6. The van der Waals surface area contributed by atoms with Crippen LogP contribution in [-0.4, -0.2) is 21.8 Å². The average Bonchev–Trinajstić information content (AvgIpc) is 3.32. The normalized spacial score (nSPS) is 22.6. The number of phenolic OH excluding ortho intramolecular Hbond substituents is 2. The quantitative estimate of drug-likeness (QED) is 0.468. The molecule has 2 aliphatic heterocycles. The number of hydrogen-bond donors (Lipinski definition) is 2. The van der Waals surface area contributed by atoms with Crippen LogP contribution in [0.1, 0.15) is 31.8 Å². The summed E-state index contributed by atoms with van der Waals surface area (Å²) in [6.45, 7) is 0. The van der Waals surface area contributed by atoms with E-state index in [-0.39, 0.29) is 34.1 Å². The molecule has 6 heteroatoms. The summed E-state index contributed by atoms with van der Waals surface area (Å²) in [6.07, 6.45) is 0. The molecule has 0 amide bonds. The third-order valence-corrected chi connectivity index (χ3v) is 6.44. The van der Waals surface area contributed by atoms with E-state index in [1.165, 1.54) is 36.4 Å². The summed E-state index contributed by atoms with van der Waals surface area (Å²) in [5, 5.41) is 20.2. The molecule has 0 bridgehead atoms. The number of aromatic hydroxyl groups is 2. The molecule has 0 aliphatic carbocycles. The Morgan fingerprint density at radius 2 is 0.912 bits per heavy atom. The highest BCUT2D eigenvalue weighted by molar-refractivity contribution is 6.17. The Hall–Kier alpha value is -4.58. The number of benzene rings is 4. The van der Waals surface area contributed by atoms with Gasteiger partial charge in [0.1, 0.15) is 23.0 Å². The van der Waals surface area contributed by atoms with E-state index in [9.17, 15) is 19.8 Å². The van der Waals surface area contributed by atoms with Gasteiger partial charge in [-0.25, -0.2) is 0 Å². The monoisotopic (exact) mass is 450 g/mol. The van der Waals surface area contributed by atoms with Crippen LogP contribution in [0.2, 0.25) is 0 Å². The zero-order chi connectivity index (χ0) is 23.5. The molecule has 0 fully saturated rings. The van der Waals surface area contributed by atoms with Gasteiger partial charge in [-0.2, -0.15) is 0 Å². The molecule has 6 nitrogen and oxygen atoms in total. The molecule has 4 aromatic carbocycles. The fraction of sp³-hybridized carbons (Fsp3) is 0.0714. The van der Waals surface area contributed by atoms with E-state index >= 15 is 0 Å². The number of carbonyl (C=O) groups excluding carboxylic acids is 2. The minimum absolute atomic E-state index is 0.0731. The summed E-state index contributed by atoms with van der Waals surface area (Å²) in [5.74, 6) is -0.781. The molecule has 0 saturated carbocycles. The third-order valence-electron chi connectivity index (χ3n) is 6.44. The highest BCUT2D eigenvalue weighted by Gasteiger charge is 2.72. The Morgan fingerprint density at radius 3 is 1.29 bits per heavy atom. The number of fused-ring (bicyclic) bond motifs is 2.